The van der Waals surface area contributed by atoms with Crippen LogP contribution in [-0.4, -0.2) is 48.7 Å². The average Bonchev–Trinajstić information content (AvgIpc) is 2.48. The molecule has 0 spiro atoms. The molecule has 2 atom stereocenters. The Morgan fingerprint density at radius 2 is 1.86 bits per heavy atom. The zero-order valence-electron chi connectivity index (χ0n) is 12.8. The number of nitrogens with zero attached hydrogens (tertiary/aromatic N) is 1. The van der Waals surface area contributed by atoms with Crippen LogP contribution in [0.4, 0.5) is 4.79 Å². The lowest BCUT2D eigenvalue weighted by Crippen LogP contribution is -2.50. The van der Waals surface area contributed by atoms with Gasteiger partial charge in [-0.1, -0.05) is 12.8 Å². The summed E-state index contributed by atoms with van der Waals surface area (Å²) in [5.41, 5.74) is 6.05. The summed E-state index contributed by atoms with van der Waals surface area (Å²) in [5.74, 6) is 0.0543. The Morgan fingerprint density at radius 1 is 1.19 bits per heavy atom. The highest BCUT2D eigenvalue weighted by Gasteiger charge is 2.31. The Balaban J connectivity index is 1.75. The predicted octanol–water partition coefficient (Wildman–Crippen LogP) is 1.24. The predicted molar refractivity (Wildman–Crippen MR) is 79.7 cm³/mol. The Kier molecular flexibility index (Phi) is 5.85. The molecule has 1 saturated heterocycles. The van der Waals surface area contributed by atoms with Crippen molar-refractivity contribution in [3.8, 4) is 0 Å². The minimum Gasteiger partial charge on any atom is -0.450 e. The van der Waals surface area contributed by atoms with Gasteiger partial charge in [-0.3, -0.25) is 4.79 Å². The number of hydrogen-bond acceptors (Lipinski definition) is 4. The van der Waals surface area contributed by atoms with Crippen LogP contribution in [0.1, 0.15) is 45.4 Å². The molecule has 0 aromatic rings. The summed E-state index contributed by atoms with van der Waals surface area (Å²) in [7, 11) is 0. The van der Waals surface area contributed by atoms with Gasteiger partial charge in [0.15, 0.2) is 0 Å². The minimum absolute atomic E-state index is 0.00151. The molecule has 2 unspecified atom stereocenters. The molecule has 2 fully saturated rings. The van der Waals surface area contributed by atoms with Gasteiger partial charge in [0.25, 0.3) is 0 Å². The first-order valence-electron chi connectivity index (χ1n) is 8.09. The van der Waals surface area contributed by atoms with Crippen molar-refractivity contribution >= 4 is 12.0 Å². The van der Waals surface area contributed by atoms with Crippen LogP contribution >= 0.6 is 0 Å². The van der Waals surface area contributed by atoms with E-state index < -0.39 is 0 Å². The standard InChI is InChI=1S/C15H27N3O3/c1-2-21-15(20)18-9-7-11(8-10-18)17-14(19)12-5-3-4-6-13(12)16/h11-13H,2-10,16H2,1H3,(H,17,19). The molecule has 3 N–H and O–H groups in total. The number of hydrogen-bond donors (Lipinski definition) is 2. The van der Waals surface area contributed by atoms with Gasteiger partial charge in [-0.15, -0.1) is 0 Å². The highest BCUT2D eigenvalue weighted by atomic mass is 16.6. The van der Waals surface area contributed by atoms with E-state index in [1.807, 2.05) is 0 Å². The second-order valence-electron chi connectivity index (χ2n) is 6.02. The number of carbonyl (C=O) groups is 2. The Hall–Kier alpha value is -1.30. The zero-order chi connectivity index (χ0) is 15.2. The number of nitrogens with one attached hydrogen (secondary N) is 1. The van der Waals surface area contributed by atoms with Crippen LogP contribution in [0, 0.1) is 5.92 Å². The maximum absolute atomic E-state index is 12.3. The van der Waals surface area contributed by atoms with Gasteiger partial charge in [0.1, 0.15) is 0 Å². The van der Waals surface area contributed by atoms with Crippen LogP contribution in [0.2, 0.25) is 0 Å². The Morgan fingerprint density at radius 3 is 2.48 bits per heavy atom. The number of amides is 2. The SMILES string of the molecule is CCOC(=O)N1CCC(NC(=O)C2CCCCC2N)CC1. The first-order valence-corrected chi connectivity index (χ1v) is 8.09. The maximum atomic E-state index is 12.3. The molecule has 6 heteroatoms. The van der Waals surface area contributed by atoms with Crippen molar-refractivity contribution in [2.45, 2.75) is 57.5 Å². The number of rotatable bonds is 3. The lowest BCUT2D eigenvalue weighted by Gasteiger charge is -2.34. The van der Waals surface area contributed by atoms with Crippen molar-refractivity contribution in [1.82, 2.24) is 10.2 Å². The molecule has 2 aliphatic rings. The summed E-state index contributed by atoms with van der Waals surface area (Å²) in [6.07, 6.45) is 5.37. The summed E-state index contributed by atoms with van der Waals surface area (Å²) in [6.45, 7) is 3.48. The number of nitrogens with two attached hydrogens (primary N) is 1. The van der Waals surface area contributed by atoms with E-state index in [1.165, 1.54) is 0 Å². The lowest BCUT2D eigenvalue weighted by atomic mass is 9.84. The lowest BCUT2D eigenvalue weighted by molar-refractivity contribution is -0.127. The summed E-state index contributed by atoms with van der Waals surface area (Å²) in [5, 5.41) is 3.11. The van der Waals surface area contributed by atoms with Gasteiger partial charge in [-0.05, 0) is 32.6 Å². The largest absolute Gasteiger partial charge is 0.450 e. The van der Waals surface area contributed by atoms with E-state index in [2.05, 4.69) is 5.32 Å². The maximum Gasteiger partial charge on any atom is 0.409 e. The van der Waals surface area contributed by atoms with E-state index in [9.17, 15) is 9.59 Å². The molecule has 0 aromatic carbocycles. The van der Waals surface area contributed by atoms with Gasteiger partial charge >= 0.3 is 6.09 Å². The van der Waals surface area contributed by atoms with Crippen LogP contribution in [0.15, 0.2) is 0 Å². The van der Waals surface area contributed by atoms with Crippen molar-refractivity contribution in [3.63, 3.8) is 0 Å². The molecule has 2 amide bonds. The monoisotopic (exact) mass is 297 g/mol. The third kappa shape index (κ3) is 4.33. The zero-order valence-corrected chi connectivity index (χ0v) is 12.8. The molecule has 120 valence electrons. The van der Waals surface area contributed by atoms with Crippen LogP contribution in [0.3, 0.4) is 0 Å². The van der Waals surface area contributed by atoms with Gasteiger partial charge in [0.2, 0.25) is 5.91 Å². The molecule has 1 aliphatic heterocycles. The third-order valence-corrected chi connectivity index (χ3v) is 4.52. The average molecular weight is 297 g/mol. The van der Waals surface area contributed by atoms with Crippen LogP contribution in [0.25, 0.3) is 0 Å². The van der Waals surface area contributed by atoms with E-state index in [-0.39, 0.29) is 30.0 Å². The molecule has 0 radical (unpaired) electrons. The van der Waals surface area contributed by atoms with Crippen LogP contribution in [0.5, 0.6) is 0 Å². The number of piperidine rings is 1. The first kappa shape index (κ1) is 16.1. The third-order valence-electron chi connectivity index (χ3n) is 4.52. The summed E-state index contributed by atoms with van der Waals surface area (Å²) in [6, 6.07) is 0.149. The molecular formula is C15H27N3O3. The van der Waals surface area contributed by atoms with Gasteiger partial charge in [-0.2, -0.15) is 0 Å². The number of likely N-dealkylation sites (tertiary alicyclic amines) is 1. The fraction of sp³-hybridized carbons (Fsp3) is 0.867. The van der Waals surface area contributed by atoms with Crippen LogP contribution in [-0.2, 0) is 9.53 Å². The number of ether oxygens (including phenoxy) is 1. The highest BCUT2D eigenvalue weighted by Crippen LogP contribution is 2.23. The van der Waals surface area contributed by atoms with Crippen molar-refractivity contribution in [2.24, 2.45) is 11.7 Å². The quantitative estimate of drug-likeness (QED) is 0.821. The second kappa shape index (κ2) is 7.64. The van der Waals surface area contributed by atoms with Crippen molar-refractivity contribution in [3.05, 3.63) is 0 Å². The Labute approximate surface area is 126 Å². The minimum atomic E-state index is -0.253. The van der Waals surface area contributed by atoms with Gasteiger partial charge in [-0.25, -0.2) is 4.79 Å². The molecule has 0 bridgehead atoms. The van der Waals surface area contributed by atoms with E-state index in [1.54, 1.807) is 11.8 Å². The van der Waals surface area contributed by atoms with Gasteiger partial charge < -0.3 is 20.7 Å². The number of carbonyl (C=O) groups excluding carboxylic acids is 2. The molecule has 2 rings (SSSR count). The van der Waals surface area contributed by atoms with E-state index >= 15 is 0 Å². The van der Waals surface area contributed by atoms with Crippen molar-refractivity contribution < 1.29 is 14.3 Å². The summed E-state index contributed by atoms with van der Waals surface area (Å²) < 4.78 is 4.99. The fourth-order valence-corrected chi connectivity index (χ4v) is 3.21. The molecular weight excluding hydrogens is 270 g/mol. The van der Waals surface area contributed by atoms with Crippen molar-refractivity contribution in [2.75, 3.05) is 19.7 Å². The molecule has 6 nitrogen and oxygen atoms in total. The van der Waals surface area contributed by atoms with Crippen LogP contribution < -0.4 is 11.1 Å². The normalized spacial score (nSPS) is 27.2. The van der Waals surface area contributed by atoms with E-state index in [0.29, 0.717) is 19.7 Å². The molecule has 1 heterocycles. The van der Waals surface area contributed by atoms with E-state index in [0.717, 1.165) is 38.5 Å². The van der Waals surface area contributed by atoms with E-state index in [4.69, 9.17) is 10.5 Å². The van der Waals surface area contributed by atoms with Gasteiger partial charge in [0, 0.05) is 25.2 Å². The Bertz CT molecular complexity index is 367. The fourth-order valence-electron chi connectivity index (χ4n) is 3.21. The molecule has 0 aromatic heterocycles. The second-order valence-corrected chi connectivity index (χ2v) is 6.02. The highest BCUT2D eigenvalue weighted by molar-refractivity contribution is 5.79. The topological polar surface area (TPSA) is 84.7 Å². The smallest absolute Gasteiger partial charge is 0.409 e. The van der Waals surface area contributed by atoms with Gasteiger partial charge in [0.05, 0.1) is 12.5 Å². The molecule has 1 aliphatic carbocycles. The molecule has 1 saturated carbocycles. The first-order chi connectivity index (χ1) is 10.1. The van der Waals surface area contributed by atoms with Crippen molar-refractivity contribution in [1.29, 1.82) is 0 Å². The molecule has 21 heavy (non-hydrogen) atoms. The summed E-state index contributed by atoms with van der Waals surface area (Å²) >= 11 is 0. The summed E-state index contributed by atoms with van der Waals surface area (Å²) in [4.78, 5) is 25.6.